The normalized spacial score (nSPS) is 17.6. The lowest BCUT2D eigenvalue weighted by Crippen LogP contribution is -2.14. The van der Waals surface area contributed by atoms with Crippen molar-refractivity contribution in [3.63, 3.8) is 0 Å². The second kappa shape index (κ2) is 15.4. The highest BCUT2D eigenvalue weighted by Gasteiger charge is 2.26. The fraction of sp³-hybridized carbons (Fsp3) is 0.133. The van der Waals surface area contributed by atoms with Gasteiger partial charge in [-0.2, -0.15) is 0 Å². The smallest absolute Gasteiger partial charge is 0.143 e. The average Bonchev–Trinajstić information content (AvgIpc) is 1.70. The van der Waals surface area contributed by atoms with E-state index in [2.05, 4.69) is 0 Å². The highest BCUT2D eigenvalue weighted by atomic mass is 16.3. The second-order valence-electron chi connectivity index (χ2n) is 15.0. The molecule has 0 amide bonds. The van der Waals surface area contributed by atoms with Gasteiger partial charge in [0.1, 0.15) is 11.2 Å². The highest BCUT2D eigenvalue weighted by Crippen LogP contribution is 2.49. The lowest BCUT2D eigenvalue weighted by molar-refractivity contribution is 0.669. The molecular weight excluding hydrogens is 751 g/mol. The zero-order valence-electron chi connectivity index (χ0n) is 61.9. The van der Waals surface area contributed by atoms with E-state index in [0.29, 0.717) is 11.1 Å². The summed E-state index contributed by atoms with van der Waals surface area (Å²) in [5.74, 6) is 0. The van der Waals surface area contributed by atoms with Gasteiger partial charge in [-0.1, -0.05) is 127 Å². The number of rotatable bonds is 7. The van der Waals surface area contributed by atoms with Crippen LogP contribution in [0.3, 0.4) is 0 Å². The Bertz CT molecular complexity index is 4690. The summed E-state index contributed by atoms with van der Waals surface area (Å²) in [4.78, 5) is 1.01. The Morgan fingerprint density at radius 1 is 0.371 bits per heavy atom. The molecule has 2 nitrogen and oxygen atoms in total. The number of anilines is 3. The Kier molecular flexibility index (Phi) is 4.78. The van der Waals surface area contributed by atoms with E-state index < -0.39 is 185 Å². The Morgan fingerprint density at radius 3 is 1.66 bits per heavy atom. The topological polar surface area (TPSA) is 16.4 Å². The molecule has 0 unspecified atom stereocenters. The average molecular weight is 829 g/mol. The van der Waals surface area contributed by atoms with Crippen LogP contribution in [0.25, 0.3) is 77.2 Å². The minimum absolute atomic E-state index is 0.0221. The Balaban J connectivity index is 1.42. The van der Waals surface area contributed by atoms with E-state index in [1.54, 1.807) is 20.8 Å². The van der Waals surface area contributed by atoms with E-state index in [4.69, 9.17) is 26.3 Å². The fourth-order valence-electron chi connectivity index (χ4n) is 8.15. The van der Waals surface area contributed by atoms with Crippen LogP contribution in [-0.2, 0) is 0 Å². The van der Waals surface area contributed by atoms with E-state index in [1.807, 2.05) is 0 Å². The van der Waals surface area contributed by atoms with Gasteiger partial charge in [-0.25, -0.2) is 0 Å². The van der Waals surface area contributed by atoms with Crippen LogP contribution in [0.4, 0.5) is 17.1 Å². The van der Waals surface area contributed by atoms with Gasteiger partial charge in [0.25, 0.3) is 0 Å². The standard InChI is InChI=1S/C60H51NO/c1-36-19-15-16-24-48(36)49-25-17-18-26-50(49)52-35-53-51-31-32-54(43(8)59(51)62-60(53)57-38(3)33-37(2)40(5)58(52)57)61(47-29-27-45(28-30-47)44-20-11-9-12-21-44)55-34-39(4)56(42(7)41(55)6)46-22-13-10-14-23-46/h9-35H,1-8H3/i9D,10D,11D,12D,13D,14D,15D,16D,17D,18D,19D,20D,21D,22D,23D,24D,25D,26D,27D,28D,29D,30D,31D,32D,33D,34D,35D. The highest BCUT2D eigenvalue weighted by molar-refractivity contribution is 6.22. The van der Waals surface area contributed by atoms with Gasteiger partial charge in [0, 0.05) is 33.1 Å². The predicted molar refractivity (Wildman–Crippen MR) is 266 cm³/mol. The van der Waals surface area contributed by atoms with E-state index in [0.717, 1.165) is 4.90 Å². The number of hydrogen-bond acceptors (Lipinski definition) is 2. The lowest BCUT2D eigenvalue weighted by Gasteiger charge is -2.30. The minimum Gasteiger partial charge on any atom is -0.455 e. The quantitative estimate of drug-likeness (QED) is 0.159. The molecule has 10 rings (SSSR count). The molecule has 0 aliphatic heterocycles. The van der Waals surface area contributed by atoms with Crippen LogP contribution in [0.2, 0.25) is 0 Å². The monoisotopic (exact) mass is 829 g/mol. The number of nitrogens with zero attached hydrogens (tertiary/aromatic N) is 1. The molecule has 10 aromatic rings. The van der Waals surface area contributed by atoms with Gasteiger partial charge in [-0.3, -0.25) is 0 Å². The Labute approximate surface area is 403 Å². The van der Waals surface area contributed by atoms with Crippen LogP contribution in [0, 0.1) is 55.4 Å². The van der Waals surface area contributed by atoms with E-state index in [-0.39, 0.29) is 106 Å². The maximum atomic E-state index is 10.4. The molecule has 0 aliphatic carbocycles. The van der Waals surface area contributed by atoms with Crippen LogP contribution in [0.15, 0.2) is 168 Å². The van der Waals surface area contributed by atoms with Gasteiger partial charge in [-0.05, 0) is 180 Å². The third-order valence-corrected chi connectivity index (χ3v) is 11.4. The van der Waals surface area contributed by atoms with Gasteiger partial charge in [0.15, 0.2) is 0 Å². The van der Waals surface area contributed by atoms with Gasteiger partial charge in [0.05, 0.1) is 42.7 Å². The van der Waals surface area contributed by atoms with Gasteiger partial charge in [-0.15, -0.1) is 0 Å². The first-order valence-electron chi connectivity index (χ1n) is 33.1. The van der Waals surface area contributed by atoms with Gasteiger partial charge in [0.2, 0.25) is 0 Å². The summed E-state index contributed by atoms with van der Waals surface area (Å²) in [6.07, 6.45) is 0. The number of hydrogen-bond donors (Lipinski definition) is 0. The molecule has 0 aliphatic rings. The summed E-state index contributed by atoms with van der Waals surface area (Å²) in [5.41, 5.74) is -3.87. The van der Waals surface area contributed by atoms with E-state index in [1.165, 1.54) is 34.6 Å². The van der Waals surface area contributed by atoms with Crippen molar-refractivity contribution in [2.75, 3.05) is 4.90 Å². The van der Waals surface area contributed by atoms with Crippen molar-refractivity contribution in [3.8, 4) is 44.5 Å². The van der Waals surface area contributed by atoms with Crippen LogP contribution >= 0.6 is 0 Å². The molecule has 2 heteroatoms. The summed E-state index contributed by atoms with van der Waals surface area (Å²) in [7, 11) is 0. The van der Waals surface area contributed by atoms with Crippen LogP contribution in [0.5, 0.6) is 0 Å². The van der Waals surface area contributed by atoms with Crippen molar-refractivity contribution in [1.29, 1.82) is 0 Å². The van der Waals surface area contributed by atoms with Crippen molar-refractivity contribution < 1.29 is 41.4 Å². The summed E-state index contributed by atoms with van der Waals surface area (Å²) in [6, 6.07) is -19.3. The van der Waals surface area contributed by atoms with Gasteiger partial charge >= 0.3 is 0 Å². The Hall–Kier alpha value is -7.16. The van der Waals surface area contributed by atoms with Crippen molar-refractivity contribution >= 4 is 49.8 Å². The first-order valence-corrected chi connectivity index (χ1v) is 19.6. The van der Waals surface area contributed by atoms with Crippen molar-refractivity contribution in [2.24, 2.45) is 0 Å². The third-order valence-electron chi connectivity index (χ3n) is 11.4. The third kappa shape index (κ3) is 6.32. The van der Waals surface area contributed by atoms with Crippen LogP contribution in [-0.4, -0.2) is 0 Å². The summed E-state index contributed by atoms with van der Waals surface area (Å²) >= 11 is 0. The molecular formula is C60H51NO. The first-order chi connectivity index (χ1) is 41.4. The van der Waals surface area contributed by atoms with Crippen LogP contribution < -0.4 is 4.90 Å². The number of fused-ring (bicyclic) bond motifs is 5. The van der Waals surface area contributed by atoms with Crippen molar-refractivity contribution in [2.45, 2.75) is 55.4 Å². The molecule has 62 heavy (non-hydrogen) atoms. The molecule has 1 aromatic heterocycles. The first kappa shape index (κ1) is 19.3. The summed E-state index contributed by atoms with van der Waals surface area (Å²) in [5, 5.41) is -0.258. The fourth-order valence-corrected chi connectivity index (χ4v) is 8.15. The largest absolute Gasteiger partial charge is 0.455 e. The lowest BCUT2D eigenvalue weighted by atomic mass is 9.85. The molecule has 0 N–H and O–H groups in total. The molecule has 0 spiro atoms. The molecule has 0 fully saturated rings. The zero-order valence-corrected chi connectivity index (χ0v) is 34.9. The van der Waals surface area contributed by atoms with E-state index in [9.17, 15) is 15.1 Å². The van der Waals surface area contributed by atoms with Crippen LogP contribution in [0.1, 0.15) is 81.5 Å². The summed E-state index contributed by atoms with van der Waals surface area (Å²) < 4.78 is 254. The molecule has 0 bridgehead atoms. The molecule has 302 valence electrons. The number of aryl methyl sites for hydroxylation is 3. The molecule has 1 heterocycles. The molecule has 0 radical (unpaired) electrons. The van der Waals surface area contributed by atoms with Gasteiger partial charge < -0.3 is 9.32 Å². The molecule has 9 aromatic carbocycles. The van der Waals surface area contributed by atoms with E-state index >= 15 is 0 Å². The number of furan rings is 1. The Morgan fingerprint density at radius 2 is 0.968 bits per heavy atom. The predicted octanol–water partition coefficient (Wildman–Crippen LogP) is 17.3. The number of benzene rings is 9. The van der Waals surface area contributed by atoms with Crippen molar-refractivity contribution in [3.05, 3.63) is 208 Å². The second-order valence-corrected chi connectivity index (χ2v) is 15.0. The minimum atomic E-state index is -0.943. The van der Waals surface area contributed by atoms with Crippen molar-refractivity contribution in [1.82, 2.24) is 0 Å². The maximum absolute atomic E-state index is 10.4. The molecule has 0 saturated carbocycles. The molecule has 0 atom stereocenters. The SMILES string of the molecule is [2H]c1c([2H])c([2H])c(-c2c([2H])c([2H])c(N(c3c([2H])c(C)c(-c4c([2H])c([2H])c([2H])c([2H])c4[2H])c(C)c3C)c3c([2H])c([2H])c4c(oc5c6c(C)c([2H])c(C)c(C)c6c(-c6c([2H])c([2H])c([2H])c([2H])c6-c6c([2H])c([2H])c([2H])c([2H])c6C)c([2H])c54)c3C)c([2H])c2[2H])c([2H])c1[2H]. The molecule has 0 saturated heterocycles. The summed E-state index contributed by atoms with van der Waals surface area (Å²) in [6.45, 7) is 12.0. The maximum Gasteiger partial charge on any atom is 0.143 e. The zero-order chi connectivity index (χ0) is 66.3.